The Morgan fingerprint density at radius 1 is 1.50 bits per heavy atom. The van der Waals surface area contributed by atoms with Gasteiger partial charge in [-0.25, -0.2) is 0 Å². The summed E-state index contributed by atoms with van der Waals surface area (Å²) in [6.07, 6.45) is 1.70. The Morgan fingerprint density at radius 3 is 2.50 bits per heavy atom. The maximum atomic E-state index is 10.7. The molecular formula is C10H19N3O3. The topological polar surface area (TPSA) is 95.7 Å². The zero-order chi connectivity index (χ0) is 12.1. The maximum Gasteiger partial charge on any atom is 0.320 e. The average Bonchev–Trinajstić information content (AvgIpc) is 2.20. The van der Waals surface area contributed by atoms with Gasteiger partial charge in [-0.15, -0.1) is 0 Å². The molecule has 1 rings (SSSR count). The van der Waals surface area contributed by atoms with Crippen molar-refractivity contribution in [3.05, 3.63) is 0 Å². The largest absolute Gasteiger partial charge is 0.480 e. The molecule has 0 radical (unpaired) electrons. The van der Waals surface area contributed by atoms with Gasteiger partial charge in [0.15, 0.2) is 0 Å². The molecule has 1 saturated heterocycles. The van der Waals surface area contributed by atoms with Crippen LogP contribution in [-0.4, -0.2) is 53.6 Å². The Labute approximate surface area is 94.8 Å². The van der Waals surface area contributed by atoms with Crippen LogP contribution in [0.25, 0.3) is 0 Å². The Morgan fingerprint density at radius 2 is 2.06 bits per heavy atom. The number of carbonyl (C=O) groups excluding carboxylic acids is 1. The van der Waals surface area contributed by atoms with E-state index in [9.17, 15) is 9.59 Å². The van der Waals surface area contributed by atoms with Crippen molar-refractivity contribution in [2.45, 2.75) is 31.8 Å². The molecule has 1 aliphatic heterocycles. The lowest BCUT2D eigenvalue weighted by Crippen LogP contribution is -2.49. The Bertz CT molecular complexity index is 262. The number of primary amides is 1. The number of hydrogen-bond donors (Lipinski definition) is 3. The highest BCUT2D eigenvalue weighted by Gasteiger charge is 2.22. The third-order valence-electron chi connectivity index (χ3n) is 2.82. The molecule has 0 aromatic carbocycles. The van der Waals surface area contributed by atoms with Crippen LogP contribution < -0.4 is 11.1 Å². The number of nitrogens with zero attached hydrogens (tertiary/aromatic N) is 1. The second-order valence-electron chi connectivity index (χ2n) is 4.24. The van der Waals surface area contributed by atoms with Gasteiger partial charge in [-0.05, 0) is 19.8 Å². The molecule has 1 aliphatic rings. The molecule has 92 valence electrons. The smallest absolute Gasteiger partial charge is 0.320 e. The van der Waals surface area contributed by atoms with Gasteiger partial charge in [0.2, 0.25) is 5.91 Å². The van der Waals surface area contributed by atoms with E-state index in [2.05, 4.69) is 5.32 Å². The number of aliphatic carboxylic acids is 1. The first-order valence-corrected chi connectivity index (χ1v) is 5.48. The van der Waals surface area contributed by atoms with E-state index in [0.717, 1.165) is 25.9 Å². The van der Waals surface area contributed by atoms with Crippen LogP contribution in [0.15, 0.2) is 0 Å². The summed E-state index contributed by atoms with van der Waals surface area (Å²) in [5.41, 5.74) is 5.10. The molecule has 0 aromatic rings. The Kier molecular flexibility index (Phi) is 4.70. The van der Waals surface area contributed by atoms with Gasteiger partial charge >= 0.3 is 5.97 Å². The highest BCUT2D eigenvalue weighted by Crippen LogP contribution is 2.10. The van der Waals surface area contributed by atoms with Gasteiger partial charge in [0.05, 0.1) is 6.54 Å². The van der Waals surface area contributed by atoms with Crippen molar-refractivity contribution >= 4 is 11.9 Å². The van der Waals surface area contributed by atoms with Crippen molar-refractivity contribution in [2.75, 3.05) is 19.6 Å². The normalized spacial score (nSPS) is 20.6. The average molecular weight is 229 g/mol. The first-order valence-electron chi connectivity index (χ1n) is 5.48. The third kappa shape index (κ3) is 4.16. The van der Waals surface area contributed by atoms with E-state index in [1.165, 1.54) is 0 Å². The minimum absolute atomic E-state index is 0.218. The van der Waals surface area contributed by atoms with Crippen molar-refractivity contribution in [3.8, 4) is 0 Å². The summed E-state index contributed by atoms with van der Waals surface area (Å²) in [6, 6.07) is -0.303. The molecule has 1 atom stereocenters. The van der Waals surface area contributed by atoms with Crippen LogP contribution in [0.1, 0.15) is 19.8 Å². The summed E-state index contributed by atoms with van der Waals surface area (Å²) in [7, 11) is 0. The monoisotopic (exact) mass is 229 g/mol. The lowest BCUT2D eigenvalue weighted by atomic mass is 10.0. The molecule has 1 amide bonds. The number of piperidine rings is 1. The summed E-state index contributed by atoms with van der Waals surface area (Å²) in [5.74, 6) is -1.15. The van der Waals surface area contributed by atoms with E-state index in [1.807, 2.05) is 4.90 Å². The number of carbonyl (C=O) groups is 2. The standard InChI is InChI=1S/C10H19N3O3/c1-7(10(15)16)12-8-2-4-13(5-3-8)6-9(11)14/h7-8,12H,2-6H2,1H3,(H2,11,14)(H,15,16). The van der Waals surface area contributed by atoms with Crippen molar-refractivity contribution in [2.24, 2.45) is 5.73 Å². The molecule has 1 heterocycles. The van der Waals surface area contributed by atoms with Crippen LogP contribution in [0.5, 0.6) is 0 Å². The number of rotatable bonds is 5. The second-order valence-corrected chi connectivity index (χ2v) is 4.24. The quantitative estimate of drug-likeness (QED) is 0.562. The molecule has 16 heavy (non-hydrogen) atoms. The maximum absolute atomic E-state index is 10.7. The van der Waals surface area contributed by atoms with Gasteiger partial charge in [-0.3, -0.25) is 14.5 Å². The number of carboxylic acid groups (broad SMARTS) is 1. The minimum Gasteiger partial charge on any atom is -0.480 e. The fourth-order valence-corrected chi connectivity index (χ4v) is 1.90. The molecule has 6 nitrogen and oxygen atoms in total. The van der Waals surface area contributed by atoms with Gasteiger partial charge in [-0.2, -0.15) is 0 Å². The van der Waals surface area contributed by atoms with Crippen molar-refractivity contribution in [1.82, 2.24) is 10.2 Å². The summed E-state index contributed by atoms with van der Waals surface area (Å²) in [4.78, 5) is 23.3. The predicted molar refractivity (Wildman–Crippen MR) is 58.9 cm³/mol. The highest BCUT2D eigenvalue weighted by molar-refractivity contribution is 5.75. The van der Waals surface area contributed by atoms with Crippen LogP contribution in [-0.2, 0) is 9.59 Å². The zero-order valence-electron chi connectivity index (χ0n) is 9.48. The molecule has 1 fully saturated rings. The number of carboxylic acids is 1. The van der Waals surface area contributed by atoms with Gasteiger partial charge in [0.25, 0.3) is 0 Å². The Balaban J connectivity index is 2.26. The molecule has 1 unspecified atom stereocenters. The molecule has 4 N–H and O–H groups in total. The SMILES string of the molecule is CC(NC1CCN(CC(N)=O)CC1)C(=O)O. The molecule has 6 heteroatoms. The molecule has 0 spiro atoms. The molecular weight excluding hydrogens is 210 g/mol. The zero-order valence-corrected chi connectivity index (χ0v) is 9.48. The Hall–Kier alpha value is -1.14. The fraction of sp³-hybridized carbons (Fsp3) is 0.800. The first kappa shape index (κ1) is 12.9. The van der Waals surface area contributed by atoms with E-state index < -0.39 is 12.0 Å². The van der Waals surface area contributed by atoms with E-state index in [-0.39, 0.29) is 11.9 Å². The van der Waals surface area contributed by atoms with E-state index in [4.69, 9.17) is 10.8 Å². The van der Waals surface area contributed by atoms with Gasteiger partial charge in [0, 0.05) is 19.1 Å². The van der Waals surface area contributed by atoms with Crippen molar-refractivity contribution in [3.63, 3.8) is 0 Å². The molecule has 0 aliphatic carbocycles. The summed E-state index contributed by atoms with van der Waals surface area (Å²) in [6.45, 7) is 3.50. The van der Waals surface area contributed by atoms with E-state index >= 15 is 0 Å². The van der Waals surface area contributed by atoms with Crippen LogP contribution >= 0.6 is 0 Å². The van der Waals surface area contributed by atoms with E-state index in [1.54, 1.807) is 6.92 Å². The molecule has 0 bridgehead atoms. The number of nitrogens with one attached hydrogen (secondary N) is 1. The lowest BCUT2D eigenvalue weighted by Gasteiger charge is -2.32. The van der Waals surface area contributed by atoms with Gasteiger partial charge in [-0.1, -0.05) is 0 Å². The number of hydrogen-bond acceptors (Lipinski definition) is 4. The predicted octanol–water partition coefficient (Wildman–Crippen LogP) is -1.00. The van der Waals surface area contributed by atoms with Crippen LogP contribution in [0.4, 0.5) is 0 Å². The van der Waals surface area contributed by atoms with Crippen LogP contribution in [0.2, 0.25) is 0 Å². The lowest BCUT2D eigenvalue weighted by molar-refractivity contribution is -0.139. The van der Waals surface area contributed by atoms with E-state index in [0.29, 0.717) is 6.54 Å². The third-order valence-corrected chi connectivity index (χ3v) is 2.82. The minimum atomic E-state index is -0.834. The molecule has 0 saturated carbocycles. The summed E-state index contributed by atoms with van der Waals surface area (Å²) in [5, 5.41) is 11.8. The van der Waals surface area contributed by atoms with Crippen LogP contribution in [0, 0.1) is 0 Å². The summed E-state index contributed by atoms with van der Waals surface area (Å²) >= 11 is 0. The number of amides is 1. The number of likely N-dealkylation sites (tertiary alicyclic amines) is 1. The van der Waals surface area contributed by atoms with Crippen molar-refractivity contribution in [1.29, 1.82) is 0 Å². The second kappa shape index (κ2) is 5.81. The first-order chi connectivity index (χ1) is 7.49. The van der Waals surface area contributed by atoms with Crippen molar-refractivity contribution < 1.29 is 14.7 Å². The fourth-order valence-electron chi connectivity index (χ4n) is 1.90. The summed E-state index contributed by atoms with van der Waals surface area (Å²) < 4.78 is 0. The van der Waals surface area contributed by atoms with Gasteiger partial charge in [0.1, 0.15) is 6.04 Å². The molecule has 0 aromatic heterocycles. The highest BCUT2D eigenvalue weighted by atomic mass is 16.4. The van der Waals surface area contributed by atoms with Gasteiger partial charge < -0.3 is 16.2 Å². The van der Waals surface area contributed by atoms with Crippen LogP contribution in [0.3, 0.4) is 0 Å². The number of nitrogens with two attached hydrogens (primary N) is 1.